The van der Waals surface area contributed by atoms with E-state index >= 15 is 0 Å². The first kappa shape index (κ1) is 22.8. The third-order valence-electron chi connectivity index (χ3n) is 4.65. The Morgan fingerprint density at radius 3 is 2.83 bits per heavy atom. The van der Waals surface area contributed by atoms with Crippen LogP contribution in [0.5, 0.6) is 0 Å². The van der Waals surface area contributed by atoms with Crippen molar-refractivity contribution in [2.24, 2.45) is 0 Å². The number of allylic oxidation sites excluding steroid dienone is 1. The minimum atomic E-state index is -3.22. The highest BCUT2D eigenvalue weighted by molar-refractivity contribution is 7.57. The zero-order chi connectivity index (χ0) is 21.4. The lowest BCUT2D eigenvalue weighted by atomic mass is 10.1. The van der Waals surface area contributed by atoms with Gasteiger partial charge in [-0.3, -0.25) is 9.13 Å². The summed E-state index contributed by atoms with van der Waals surface area (Å²) in [5.41, 5.74) is 7.08. The molecule has 10 nitrogen and oxygen atoms in total. The third kappa shape index (κ3) is 5.86. The molecule has 0 amide bonds. The molecule has 0 saturated carbocycles. The minimum Gasteiger partial charge on any atom is -0.382 e. The maximum absolute atomic E-state index is 12.6. The fourth-order valence-electron chi connectivity index (χ4n) is 3.32. The summed E-state index contributed by atoms with van der Waals surface area (Å²) in [6, 6.07) is 0. The molecule has 11 heteroatoms. The third-order valence-corrected chi connectivity index (χ3v) is 6.46. The number of imidazole rings is 1. The Morgan fingerprint density at radius 2 is 2.13 bits per heavy atom. The lowest BCUT2D eigenvalue weighted by Gasteiger charge is -2.28. The molecule has 1 fully saturated rings. The molecule has 30 heavy (non-hydrogen) atoms. The number of aromatic nitrogens is 4. The smallest absolute Gasteiger partial charge is 0.353 e. The highest BCUT2D eigenvalue weighted by atomic mass is 31.2. The summed E-state index contributed by atoms with van der Waals surface area (Å²) in [6.45, 7) is 5.52. The molecule has 3 rings (SSSR count). The number of nitrogens with two attached hydrogens (primary N) is 1. The molecule has 2 N–H and O–H groups in total. The second kappa shape index (κ2) is 11.0. The van der Waals surface area contributed by atoms with Gasteiger partial charge in [-0.25, -0.2) is 15.0 Å². The van der Waals surface area contributed by atoms with Crippen LogP contribution in [-0.2, 0) is 23.1 Å². The molecule has 0 aliphatic carbocycles. The summed E-state index contributed by atoms with van der Waals surface area (Å²) in [5, 5.41) is 0. The fourth-order valence-corrected chi connectivity index (χ4v) is 4.69. The lowest BCUT2D eigenvalue weighted by molar-refractivity contribution is -0.110. The maximum atomic E-state index is 12.6. The number of ether oxygens (including phenoxy) is 2. The molecule has 2 atom stereocenters. The van der Waals surface area contributed by atoms with E-state index in [9.17, 15) is 4.57 Å². The zero-order valence-electron chi connectivity index (χ0n) is 17.5. The first-order chi connectivity index (χ1) is 14.6. The van der Waals surface area contributed by atoms with Gasteiger partial charge in [0.1, 0.15) is 18.1 Å². The van der Waals surface area contributed by atoms with Crippen molar-refractivity contribution < 1.29 is 23.1 Å². The topological polar surface area (TPSA) is 124 Å². The van der Waals surface area contributed by atoms with Gasteiger partial charge < -0.3 is 24.3 Å². The molecule has 0 radical (unpaired) electrons. The van der Waals surface area contributed by atoms with Gasteiger partial charge in [-0.1, -0.05) is 6.08 Å². The molecule has 0 spiro atoms. The van der Waals surface area contributed by atoms with Crippen LogP contribution in [0.1, 0.15) is 45.8 Å². The summed E-state index contributed by atoms with van der Waals surface area (Å²) < 4.78 is 36.9. The van der Waals surface area contributed by atoms with Gasteiger partial charge in [-0.05, 0) is 39.5 Å². The minimum absolute atomic E-state index is 0.0117. The van der Waals surface area contributed by atoms with Crippen LogP contribution < -0.4 is 5.73 Å². The first-order valence-electron chi connectivity index (χ1n) is 10.3. The molecule has 166 valence electrons. The number of nitrogen functional groups attached to an aromatic ring is 1. The van der Waals surface area contributed by atoms with Crippen LogP contribution in [-0.4, -0.2) is 52.1 Å². The second-order valence-electron chi connectivity index (χ2n) is 6.85. The van der Waals surface area contributed by atoms with Crippen LogP contribution in [0.2, 0.25) is 0 Å². The largest absolute Gasteiger partial charge is 0.382 e. The van der Waals surface area contributed by atoms with E-state index in [1.54, 1.807) is 20.2 Å². The summed E-state index contributed by atoms with van der Waals surface area (Å²) in [5.74, 6) is 1.85. The van der Waals surface area contributed by atoms with E-state index in [1.807, 2.05) is 10.6 Å². The maximum Gasteiger partial charge on any atom is 0.353 e. The van der Waals surface area contributed by atoms with Crippen LogP contribution in [0.3, 0.4) is 0 Å². The summed E-state index contributed by atoms with van der Waals surface area (Å²) in [6.07, 6.45) is 7.64. The van der Waals surface area contributed by atoms with Crippen molar-refractivity contribution in [3.63, 3.8) is 0 Å². The monoisotopic (exact) mass is 439 g/mol. The average Bonchev–Trinajstić information content (AvgIpc) is 3.17. The van der Waals surface area contributed by atoms with Crippen molar-refractivity contribution in [3.8, 4) is 0 Å². The Kier molecular flexibility index (Phi) is 8.35. The van der Waals surface area contributed by atoms with E-state index in [0.29, 0.717) is 49.6 Å². The molecule has 0 aromatic carbocycles. The Bertz CT molecular complexity index is 873. The number of hydrogen-bond donors (Lipinski definition) is 1. The van der Waals surface area contributed by atoms with Crippen LogP contribution >= 0.6 is 7.60 Å². The van der Waals surface area contributed by atoms with Crippen LogP contribution in [0.25, 0.3) is 11.2 Å². The number of fused-ring (bicyclic) bond motifs is 1. The number of rotatable bonds is 11. The summed E-state index contributed by atoms with van der Waals surface area (Å²) in [4.78, 5) is 12.7. The molecule has 2 unspecified atom stereocenters. The Morgan fingerprint density at radius 1 is 1.33 bits per heavy atom. The Balaban J connectivity index is 1.75. The van der Waals surface area contributed by atoms with Crippen LogP contribution in [0.15, 0.2) is 24.5 Å². The van der Waals surface area contributed by atoms with Crippen molar-refractivity contribution in [1.29, 1.82) is 0 Å². The number of anilines is 1. The second-order valence-corrected chi connectivity index (χ2v) is 8.74. The molecule has 1 aliphatic rings. The van der Waals surface area contributed by atoms with Gasteiger partial charge in [0.05, 0.1) is 32.3 Å². The molecule has 1 saturated heterocycles. The summed E-state index contributed by atoms with van der Waals surface area (Å²) >= 11 is 0. The predicted octanol–water partition coefficient (Wildman–Crippen LogP) is 3.66. The molecular weight excluding hydrogens is 409 g/mol. The van der Waals surface area contributed by atoms with Crippen molar-refractivity contribution in [3.05, 3.63) is 24.5 Å². The van der Waals surface area contributed by atoms with Crippen molar-refractivity contribution in [1.82, 2.24) is 19.5 Å². The lowest BCUT2D eigenvalue weighted by Crippen LogP contribution is -2.29. The van der Waals surface area contributed by atoms with Gasteiger partial charge in [0, 0.05) is 12.4 Å². The number of nitrogens with zero attached hydrogens (tertiary/aromatic N) is 4. The van der Waals surface area contributed by atoms with Gasteiger partial charge in [0.15, 0.2) is 11.5 Å². The van der Waals surface area contributed by atoms with E-state index in [1.165, 1.54) is 12.1 Å². The van der Waals surface area contributed by atoms with Gasteiger partial charge in [0.25, 0.3) is 0 Å². The number of hydrogen-bond acceptors (Lipinski definition) is 9. The summed E-state index contributed by atoms with van der Waals surface area (Å²) in [7, 11) is -3.22. The molecule has 2 aromatic rings. The normalized spacial score (nSPS) is 18.9. The highest BCUT2D eigenvalue weighted by Crippen LogP contribution is 2.49. The Labute approximate surface area is 176 Å². The predicted molar refractivity (Wildman–Crippen MR) is 113 cm³/mol. The van der Waals surface area contributed by atoms with Crippen LogP contribution in [0.4, 0.5) is 5.82 Å². The van der Waals surface area contributed by atoms with Crippen molar-refractivity contribution in [2.45, 2.75) is 51.9 Å². The standard InChI is InChI=1S/C19H30N5O5P/c1-3-27-30(25,28-4-2)11-6-5-9-16(29-15-8-7-10-26-12-15)24-14-23-17-18(20)21-13-22-19(17)24/h6,11,13-16H,3-5,7-10,12H2,1-2H3,(H2,20,21,22). The van der Waals surface area contributed by atoms with Gasteiger partial charge in [-0.15, -0.1) is 0 Å². The highest BCUT2D eigenvalue weighted by Gasteiger charge is 2.23. The average molecular weight is 439 g/mol. The van der Waals surface area contributed by atoms with Gasteiger partial charge in [0.2, 0.25) is 0 Å². The van der Waals surface area contributed by atoms with E-state index in [4.69, 9.17) is 24.3 Å². The molecule has 3 heterocycles. The van der Waals surface area contributed by atoms with Crippen molar-refractivity contribution in [2.75, 3.05) is 32.2 Å². The first-order valence-corrected chi connectivity index (χ1v) is 11.9. The van der Waals surface area contributed by atoms with Crippen molar-refractivity contribution >= 4 is 24.6 Å². The SMILES string of the molecule is CCOP(=O)(C=CCCC(OC1CCCOC1)n1cnc2c(N)ncnc21)OCC. The molecular formula is C19H30N5O5P. The molecule has 2 aromatic heterocycles. The molecule has 1 aliphatic heterocycles. The van der Waals surface area contributed by atoms with E-state index < -0.39 is 7.60 Å². The van der Waals surface area contributed by atoms with Gasteiger partial charge >= 0.3 is 7.60 Å². The molecule has 0 bridgehead atoms. The van der Waals surface area contributed by atoms with Crippen LogP contribution in [0, 0.1) is 0 Å². The fraction of sp³-hybridized carbons (Fsp3) is 0.632. The van der Waals surface area contributed by atoms with Gasteiger partial charge in [-0.2, -0.15) is 0 Å². The van der Waals surface area contributed by atoms with E-state index in [2.05, 4.69) is 15.0 Å². The Hall–Kier alpha value is -1.84. The zero-order valence-corrected chi connectivity index (χ0v) is 18.4. The van der Waals surface area contributed by atoms with E-state index in [-0.39, 0.29) is 12.3 Å². The van der Waals surface area contributed by atoms with E-state index in [0.717, 1.165) is 19.4 Å². The quantitative estimate of drug-likeness (QED) is 0.522.